The van der Waals surface area contributed by atoms with Crippen LogP contribution < -0.4 is 24.4 Å². The molecule has 1 aliphatic heterocycles. The number of allylic oxidation sites excluding steroid dienone is 1. The van der Waals surface area contributed by atoms with Gasteiger partial charge in [-0.2, -0.15) is 0 Å². The number of thioether (sulfide) groups is 1. The molecule has 0 amide bonds. The molecule has 7 nitrogen and oxygen atoms in total. The van der Waals surface area contributed by atoms with Gasteiger partial charge in [-0.1, -0.05) is 23.5 Å². The highest BCUT2D eigenvalue weighted by Gasteiger charge is 2.35. The van der Waals surface area contributed by atoms with Crippen LogP contribution in [-0.2, 0) is 9.53 Å². The van der Waals surface area contributed by atoms with E-state index in [1.807, 2.05) is 36.6 Å². The van der Waals surface area contributed by atoms with E-state index in [2.05, 4.69) is 4.99 Å². The molecule has 182 valence electrons. The molecule has 1 atom stereocenters. The van der Waals surface area contributed by atoms with E-state index in [1.54, 1.807) is 62.6 Å². The Morgan fingerprint density at radius 2 is 1.91 bits per heavy atom. The van der Waals surface area contributed by atoms with Gasteiger partial charge in [0.25, 0.3) is 5.56 Å². The van der Waals surface area contributed by atoms with Crippen LogP contribution in [0, 0.1) is 0 Å². The summed E-state index contributed by atoms with van der Waals surface area (Å²) in [4.78, 5) is 33.1. The van der Waals surface area contributed by atoms with Crippen LogP contribution in [0.3, 0.4) is 0 Å². The molecular formula is C26H26N2O5S2. The number of nitrogens with zero attached hydrogens (tertiary/aromatic N) is 2. The van der Waals surface area contributed by atoms with Crippen molar-refractivity contribution in [3.63, 3.8) is 0 Å². The third kappa shape index (κ3) is 4.78. The van der Waals surface area contributed by atoms with E-state index in [-0.39, 0.29) is 12.2 Å². The van der Waals surface area contributed by atoms with Gasteiger partial charge in [-0.3, -0.25) is 9.36 Å². The lowest BCUT2D eigenvalue weighted by Crippen LogP contribution is -2.40. The number of carbonyl (C=O) groups is 1. The zero-order chi connectivity index (χ0) is 25.1. The zero-order valence-electron chi connectivity index (χ0n) is 20.2. The van der Waals surface area contributed by atoms with Crippen molar-refractivity contribution in [3.8, 4) is 11.5 Å². The molecule has 2 heterocycles. The number of fused-ring (bicyclic) bond motifs is 1. The van der Waals surface area contributed by atoms with Gasteiger partial charge in [-0.25, -0.2) is 9.79 Å². The number of carbonyl (C=O) groups excluding carboxylic acids is 1. The van der Waals surface area contributed by atoms with Crippen LogP contribution in [0.4, 0.5) is 0 Å². The SMILES string of the molecule is CCOC(=O)C1=C(C)N=c2s/c(=C\c3ccc(SC)cc3)c(=O)n2[C@@H]1c1cc(OC)ccc1OC. The normalized spacial score (nSPS) is 15.5. The summed E-state index contributed by atoms with van der Waals surface area (Å²) < 4.78 is 18.5. The fraction of sp³-hybridized carbons (Fsp3) is 0.269. The lowest BCUT2D eigenvalue weighted by atomic mass is 9.94. The Labute approximate surface area is 211 Å². The third-order valence-electron chi connectivity index (χ3n) is 5.66. The van der Waals surface area contributed by atoms with Gasteiger partial charge in [-0.05, 0) is 62.1 Å². The first-order chi connectivity index (χ1) is 16.9. The van der Waals surface area contributed by atoms with Gasteiger partial charge in [0, 0.05) is 10.5 Å². The molecule has 0 saturated heterocycles. The highest BCUT2D eigenvalue weighted by atomic mass is 32.2. The van der Waals surface area contributed by atoms with E-state index in [0.29, 0.717) is 37.7 Å². The first kappa shape index (κ1) is 24.8. The molecule has 4 rings (SSSR count). The second-order valence-corrected chi connectivity index (χ2v) is 9.57. The number of hydrogen-bond acceptors (Lipinski definition) is 8. The number of benzene rings is 2. The van der Waals surface area contributed by atoms with Crippen LogP contribution in [0.5, 0.6) is 11.5 Å². The predicted octanol–water partition coefficient (Wildman–Crippen LogP) is 3.54. The lowest BCUT2D eigenvalue weighted by molar-refractivity contribution is -0.139. The summed E-state index contributed by atoms with van der Waals surface area (Å²) in [6.07, 6.45) is 3.86. The summed E-state index contributed by atoms with van der Waals surface area (Å²) >= 11 is 2.94. The van der Waals surface area contributed by atoms with Crippen LogP contribution >= 0.6 is 23.1 Å². The van der Waals surface area contributed by atoms with E-state index >= 15 is 0 Å². The van der Waals surface area contributed by atoms with Crippen LogP contribution in [0.2, 0.25) is 0 Å². The van der Waals surface area contributed by atoms with Gasteiger partial charge in [0.1, 0.15) is 17.5 Å². The van der Waals surface area contributed by atoms with Gasteiger partial charge in [-0.15, -0.1) is 11.8 Å². The maximum absolute atomic E-state index is 13.7. The molecular weight excluding hydrogens is 484 g/mol. The molecule has 3 aromatic rings. The second kappa shape index (κ2) is 10.5. The quantitative estimate of drug-likeness (QED) is 0.357. The summed E-state index contributed by atoms with van der Waals surface area (Å²) in [7, 11) is 3.11. The molecule has 0 saturated carbocycles. The maximum Gasteiger partial charge on any atom is 0.338 e. The third-order valence-corrected chi connectivity index (χ3v) is 7.39. The Bertz CT molecular complexity index is 1470. The van der Waals surface area contributed by atoms with Crippen molar-refractivity contribution in [1.29, 1.82) is 0 Å². The number of aromatic nitrogens is 1. The summed E-state index contributed by atoms with van der Waals surface area (Å²) in [6.45, 7) is 3.70. The van der Waals surface area contributed by atoms with E-state index < -0.39 is 12.0 Å². The minimum absolute atomic E-state index is 0.202. The highest BCUT2D eigenvalue weighted by molar-refractivity contribution is 7.98. The number of esters is 1. The molecule has 35 heavy (non-hydrogen) atoms. The van der Waals surface area contributed by atoms with Crippen molar-refractivity contribution >= 4 is 35.1 Å². The zero-order valence-corrected chi connectivity index (χ0v) is 21.8. The van der Waals surface area contributed by atoms with E-state index in [4.69, 9.17) is 14.2 Å². The van der Waals surface area contributed by atoms with Gasteiger partial charge in [0.05, 0.1) is 36.6 Å². The number of methoxy groups -OCH3 is 2. The van der Waals surface area contributed by atoms with Gasteiger partial charge in [0.15, 0.2) is 4.80 Å². The Kier molecular flexibility index (Phi) is 7.47. The highest BCUT2D eigenvalue weighted by Crippen LogP contribution is 2.37. The van der Waals surface area contributed by atoms with Gasteiger partial charge in [0.2, 0.25) is 0 Å². The molecule has 0 unspecified atom stereocenters. The van der Waals surface area contributed by atoms with Gasteiger partial charge < -0.3 is 14.2 Å². The molecule has 1 aliphatic rings. The number of ether oxygens (including phenoxy) is 3. The Hall–Kier alpha value is -3.30. The van der Waals surface area contributed by atoms with Crippen molar-refractivity contribution in [1.82, 2.24) is 4.57 Å². The van der Waals surface area contributed by atoms with E-state index in [0.717, 1.165) is 10.5 Å². The summed E-state index contributed by atoms with van der Waals surface area (Å²) in [5.74, 6) is 0.578. The monoisotopic (exact) mass is 510 g/mol. The second-order valence-electron chi connectivity index (χ2n) is 7.68. The predicted molar refractivity (Wildman–Crippen MR) is 138 cm³/mol. The average molecular weight is 511 g/mol. The molecule has 0 fully saturated rings. The molecule has 1 aromatic heterocycles. The van der Waals surface area contributed by atoms with Crippen LogP contribution in [-0.4, -0.2) is 37.6 Å². The van der Waals surface area contributed by atoms with Crippen LogP contribution in [0.1, 0.15) is 31.0 Å². The first-order valence-corrected chi connectivity index (χ1v) is 13.0. The molecule has 0 aliphatic carbocycles. The average Bonchev–Trinajstić information content (AvgIpc) is 3.17. The molecule has 9 heteroatoms. The Morgan fingerprint density at radius 3 is 2.54 bits per heavy atom. The summed E-state index contributed by atoms with van der Waals surface area (Å²) in [5, 5.41) is 0. The molecule has 0 spiro atoms. The molecule has 0 N–H and O–H groups in total. The van der Waals surface area contributed by atoms with E-state index in [9.17, 15) is 9.59 Å². The minimum Gasteiger partial charge on any atom is -0.497 e. The van der Waals surface area contributed by atoms with Crippen LogP contribution in [0.15, 0.2) is 68.4 Å². The molecule has 0 bridgehead atoms. The van der Waals surface area contributed by atoms with E-state index in [1.165, 1.54) is 11.3 Å². The standard InChI is InChI=1S/C26H26N2O5S2/c1-6-33-25(30)22-15(2)27-26-28(23(22)19-14-17(31-3)9-12-20(19)32-4)24(29)21(35-26)13-16-7-10-18(34-5)11-8-16/h7-14,23H,6H2,1-5H3/b21-13-/t23-/m1/s1. The number of rotatable bonds is 7. The number of thiazole rings is 1. The Balaban J connectivity index is 1.98. The largest absolute Gasteiger partial charge is 0.497 e. The van der Waals surface area contributed by atoms with Crippen molar-refractivity contribution in [2.45, 2.75) is 24.8 Å². The maximum atomic E-state index is 13.7. The van der Waals surface area contributed by atoms with Crippen molar-refractivity contribution in [2.75, 3.05) is 27.1 Å². The fourth-order valence-electron chi connectivity index (χ4n) is 3.99. The smallest absolute Gasteiger partial charge is 0.338 e. The summed E-state index contributed by atoms with van der Waals surface area (Å²) in [6, 6.07) is 12.5. The molecule has 0 radical (unpaired) electrons. The van der Waals surface area contributed by atoms with Crippen molar-refractivity contribution in [2.24, 2.45) is 4.99 Å². The van der Waals surface area contributed by atoms with Crippen molar-refractivity contribution < 1.29 is 19.0 Å². The topological polar surface area (TPSA) is 79.1 Å². The van der Waals surface area contributed by atoms with Crippen LogP contribution in [0.25, 0.3) is 6.08 Å². The fourth-order valence-corrected chi connectivity index (χ4v) is 5.45. The number of hydrogen-bond donors (Lipinski definition) is 0. The van der Waals surface area contributed by atoms with Crippen molar-refractivity contribution in [3.05, 3.63) is 84.5 Å². The van der Waals surface area contributed by atoms with Gasteiger partial charge >= 0.3 is 5.97 Å². The lowest BCUT2D eigenvalue weighted by Gasteiger charge is -2.26. The minimum atomic E-state index is -0.781. The molecule has 2 aromatic carbocycles. The Morgan fingerprint density at radius 1 is 1.17 bits per heavy atom. The summed E-state index contributed by atoms with van der Waals surface area (Å²) in [5.41, 5.74) is 2.06. The first-order valence-electron chi connectivity index (χ1n) is 11.0.